The fourth-order valence-corrected chi connectivity index (χ4v) is 2.58. The van der Waals surface area contributed by atoms with Gasteiger partial charge < -0.3 is 10.4 Å². The van der Waals surface area contributed by atoms with Crippen LogP contribution >= 0.6 is 11.3 Å². The average molecular weight is 262 g/mol. The highest BCUT2D eigenvalue weighted by Gasteiger charge is 2.12. The number of anilines is 1. The van der Waals surface area contributed by atoms with Crippen molar-refractivity contribution in [1.82, 2.24) is 4.98 Å². The number of carboxylic acid groups (broad SMARTS) is 1. The lowest BCUT2D eigenvalue weighted by Crippen LogP contribution is -2.19. The second-order valence-electron chi connectivity index (χ2n) is 4.06. The monoisotopic (exact) mass is 262 g/mol. The maximum Gasteiger partial charge on any atom is 0.337 e. The van der Waals surface area contributed by atoms with Gasteiger partial charge in [-0.3, -0.25) is 4.98 Å². The minimum absolute atomic E-state index is 0.158. The van der Waals surface area contributed by atoms with E-state index in [1.54, 1.807) is 17.5 Å². The second kappa shape index (κ2) is 5.64. The largest absolute Gasteiger partial charge is 0.478 e. The molecule has 0 bridgehead atoms. The van der Waals surface area contributed by atoms with E-state index in [1.807, 2.05) is 18.4 Å². The molecule has 1 unspecified atom stereocenters. The Morgan fingerprint density at radius 3 is 3.06 bits per heavy atom. The van der Waals surface area contributed by atoms with E-state index in [1.165, 1.54) is 17.1 Å². The highest BCUT2D eigenvalue weighted by Crippen LogP contribution is 2.17. The van der Waals surface area contributed by atoms with E-state index >= 15 is 0 Å². The van der Waals surface area contributed by atoms with Gasteiger partial charge in [0.05, 0.1) is 17.4 Å². The van der Waals surface area contributed by atoms with E-state index in [0.717, 1.165) is 6.42 Å². The maximum absolute atomic E-state index is 11.1. The highest BCUT2D eigenvalue weighted by atomic mass is 32.1. The molecule has 0 saturated heterocycles. The van der Waals surface area contributed by atoms with Gasteiger partial charge >= 0.3 is 5.97 Å². The number of carboxylic acids is 1. The molecule has 1 atom stereocenters. The molecular formula is C13H14N2O2S. The Kier molecular flexibility index (Phi) is 3.94. The maximum atomic E-state index is 11.1. The molecule has 2 N–H and O–H groups in total. The molecule has 18 heavy (non-hydrogen) atoms. The Bertz CT molecular complexity index is 526. The van der Waals surface area contributed by atoms with E-state index in [4.69, 9.17) is 5.11 Å². The molecule has 2 aromatic heterocycles. The van der Waals surface area contributed by atoms with Crippen LogP contribution in [0.1, 0.15) is 22.2 Å². The summed E-state index contributed by atoms with van der Waals surface area (Å²) in [6.07, 6.45) is 3.90. The van der Waals surface area contributed by atoms with Crippen molar-refractivity contribution in [3.63, 3.8) is 0 Å². The summed E-state index contributed by atoms with van der Waals surface area (Å²) in [4.78, 5) is 16.3. The number of aromatic carboxylic acids is 1. The molecule has 0 amide bonds. The van der Waals surface area contributed by atoms with E-state index in [-0.39, 0.29) is 11.6 Å². The SMILES string of the molecule is CC(Cc1cccs1)Nc1cnccc1C(=O)O. The first-order chi connectivity index (χ1) is 8.66. The van der Waals surface area contributed by atoms with Crippen molar-refractivity contribution in [3.8, 4) is 0 Å². The Balaban J connectivity index is 2.07. The third-order valence-electron chi connectivity index (χ3n) is 2.54. The van der Waals surface area contributed by atoms with Crippen LogP contribution in [-0.2, 0) is 6.42 Å². The minimum Gasteiger partial charge on any atom is -0.478 e. The summed E-state index contributed by atoms with van der Waals surface area (Å²) in [6, 6.07) is 5.75. The van der Waals surface area contributed by atoms with Gasteiger partial charge in [0.25, 0.3) is 0 Å². The Morgan fingerprint density at radius 1 is 1.56 bits per heavy atom. The van der Waals surface area contributed by atoms with Crippen LogP contribution in [0, 0.1) is 0 Å². The summed E-state index contributed by atoms with van der Waals surface area (Å²) >= 11 is 1.70. The standard InChI is InChI=1S/C13H14N2O2S/c1-9(7-10-3-2-6-18-10)15-12-8-14-5-4-11(12)13(16)17/h2-6,8-9,15H,7H2,1H3,(H,16,17). The second-order valence-corrected chi connectivity index (χ2v) is 5.09. The van der Waals surface area contributed by atoms with Gasteiger partial charge in [-0.05, 0) is 24.4 Å². The summed E-state index contributed by atoms with van der Waals surface area (Å²) < 4.78 is 0. The third kappa shape index (κ3) is 3.07. The van der Waals surface area contributed by atoms with Crippen LogP contribution in [0.3, 0.4) is 0 Å². The molecule has 5 heteroatoms. The number of hydrogen-bond acceptors (Lipinski definition) is 4. The van der Waals surface area contributed by atoms with Crippen LogP contribution in [0.4, 0.5) is 5.69 Å². The molecule has 0 aliphatic heterocycles. The van der Waals surface area contributed by atoms with E-state index in [9.17, 15) is 4.79 Å². The van der Waals surface area contributed by atoms with Gasteiger partial charge in [0.1, 0.15) is 0 Å². The normalized spacial score (nSPS) is 12.1. The van der Waals surface area contributed by atoms with E-state index in [0.29, 0.717) is 5.69 Å². The molecule has 2 rings (SSSR count). The Hall–Kier alpha value is -1.88. The van der Waals surface area contributed by atoms with Gasteiger partial charge in [-0.15, -0.1) is 11.3 Å². The van der Waals surface area contributed by atoms with Crippen LogP contribution in [-0.4, -0.2) is 22.1 Å². The zero-order chi connectivity index (χ0) is 13.0. The lowest BCUT2D eigenvalue weighted by atomic mass is 10.1. The van der Waals surface area contributed by atoms with Crippen molar-refractivity contribution in [2.45, 2.75) is 19.4 Å². The van der Waals surface area contributed by atoms with Crippen molar-refractivity contribution in [2.75, 3.05) is 5.32 Å². The lowest BCUT2D eigenvalue weighted by Gasteiger charge is -2.15. The zero-order valence-electron chi connectivity index (χ0n) is 9.96. The van der Waals surface area contributed by atoms with Gasteiger partial charge in [-0.25, -0.2) is 4.79 Å². The molecule has 0 radical (unpaired) electrons. The zero-order valence-corrected chi connectivity index (χ0v) is 10.8. The molecule has 2 heterocycles. The van der Waals surface area contributed by atoms with Crippen molar-refractivity contribution < 1.29 is 9.90 Å². The lowest BCUT2D eigenvalue weighted by molar-refractivity contribution is 0.0698. The van der Waals surface area contributed by atoms with Gasteiger partial charge in [0.15, 0.2) is 0 Å². The fourth-order valence-electron chi connectivity index (χ4n) is 1.74. The number of rotatable bonds is 5. The Morgan fingerprint density at radius 2 is 2.39 bits per heavy atom. The summed E-state index contributed by atoms with van der Waals surface area (Å²) in [7, 11) is 0. The van der Waals surface area contributed by atoms with Crippen LogP contribution in [0.2, 0.25) is 0 Å². The molecule has 0 aliphatic rings. The molecule has 2 aromatic rings. The first kappa shape index (κ1) is 12.6. The summed E-state index contributed by atoms with van der Waals surface area (Å²) in [5.74, 6) is -0.941. The highest BCUT2D eigenvalue weighted by molar-refractivity contribution is 7.09. The molecule has 0 spiro atoms. The quantitative estimate of drug-likeness (QED) is 0.869. The minimum atomic E-state index is -0.941. The summed E-state index contributed by atoms with van der Waals surface area (Å²) in [5, 5.41) is 14.3. The van der Waals surface area contributed by atoms with Crippen molar-refractivity contribution in [2.24, 2.45) is 0 Å². The van der Waals surface area contributed by atoms with Crippen LogP contribution in [0.25, 0.3) is 0 Å². The Labute approximate surface area is 109 Å². The number of nitrogens with zero attached hydrogens (tertiary/aromatic N) is 1. The van der Waals surface area contributed by atoms with Crippen molar-refractivity contribution in [3.05, 3.63) is 46.4 Å². The third-order valence-corrected chi connectivity index (χ3v) is 3.44. The smallest absolute Gasteiger partial charge is 0.337 e. The molecule has 4 nitrogen and oxygen atoms in total. The predicted molar refractivity (Wildman–Crippen MR) is 72.3 cm³/mol. The first-order valence-electron chi connectivity index (χ1n) is 5.63. The molecular weight excluding hydrogens is 248 g/mol. The van der Waals surface area contributed by atoms with Gasteiger partial charge in [-0.2, -0.15) is 0 Å². The molecule has 0 aromatic carbocycles. The number of thiophene rings is 1. The number of aromatic nitrogens is 1. The van der Waals surface area contributed by atoms with Gasteiger partial charge in [-0.1, -0.05) is 6.07 Å². The fraction of sp³-hybridized carbons (Fsp3) is 0.231. The summed E-state index contributed by atoms with van der Waals surface area (Å²) in [5.41, 5.74) is 0.817. The van der Waals surface area contributed by atoms with Crippen LogP contribution in [0.15, 0.2) is 36.0 Å². The number of pyridine rings is 1. The topological polar surface area (TPSA) is 62.2 Å². The molecule has 94 valence electrons. The number of carbonyl (C=O) groups is 1. The van der Waals surface area contributed by atoms with Crippen molar-refractivity contribution >= 4 is 23.0 Å². The van der Waals surface area contributed by atoms with Gasteiger partial charge in [0, 0.05) is 23.5 Å². The number of hydrogen-bond donors (Lipinski definition) is 2. The van der Waals surface area contributed by atoms with E-state index < -0.39 is 5.97 Å². The molecule has 0 aliphatic carbocycles. The van der Waals surface area contributed by atoms with Gasteiger partial charge in [0.2, 0.25) is 0 Å². The first-order valence-corrected chi connectivity index (χ1v) is 6.51. The van der Waals surface area contributed by atoms with Crippen LogP contribution < -0.4 is 5.32 Å². The van der Waals surface area contributed by atoms with Crippen molar-refractivity contribution in [1.29, 1.82) is 0 Å². The number of nitrogens with one attached hydrogen (secondary N) is 1. The predicted octanol–water partition coefficient (Wildman–Crippen LogP) is 2.88. The molecule has 0 saturated carbocycles. The van der Waals surface area contributed by atoms with E-state index in [2.05, 4.69) is 16.4 Å². The molecule has 0 fully saturated rings. The summed E-state index contributed by atoms with van der Waals surface area (Å²) in [6.45, 7) is 2.03. The van der Waals surface area contributed by atoms with Crippen LogP contribution in [0.5, 0.6) is 0 Å². The average Bonchev–Trinajstić information content (AvgIpc) is 2.82.